The standard InChI is InChI=1S/C13H19ClN2O.ClH/c1-3-13(4-2,10-15)17-16-9-11-6-5-7-12(14)8-11;/h5-9H,3-4,10,15H2,1-2H3;1H/b16-9+;. The SMILES string of the molecule is CCC(CC)(CN)O/N=C/c1cccc(Cl)c1.Cl. The van der Waals surface area contributed by atoms with Crippen molar-refractivity contribution in [2.45, 2.75) is 32.3 Å². The van der Waals surface area contributed by atoms with Crippen molar-refractivity contribution in [3.8, 4) is 0 Å². The van der Waals surface area contributed by atoms with Gasteiger partial charge in [-0.2, -0.15) is 0 Å². The minimum absolute atomic E-state index is 0. The van der Waals surface area contributed by atoms with Crippen LogP contribution < -0.4 is 5.73 Å². The van der Waals surface area contributed by atoms with Gasteiger partial charge in [0, 0.05) is 11.6 Å². The zero-order valence-corrected chi connectivity index (χ0v) is 12.3. The first-order chi connectivity index (χ1) is 8.15. The predicted molar refractivity (Wildman–Crippen MR) is 79.7 cm³/mol. The van der Waals surface area contributed by atoms with Crippen LogP contribution in [0.15, 0.2) is 29.4 Å². The van der Waals surface area contributed by atoms with E-state index in [2.05, 4.69) is 5.16 Å². The molecule has 0 aliphatic rings. The van der Waals surface area contributed by atoms with E-state index in [1.165, 1.54) is 0 Å². The lowest BCUT2D eigenvalue weighted by Gasteiger charge is -2.26. The van der Waals surface area contributed by atoms with Crippen LogP contribution >= 0.6 is 24.0 Å². The van der Waals surface area contributed by atoms with Gasteiger partial charge in [0.2, 0.25) is 0 Å². The first kappa shape index (κ1) is 17.2. The van der Waals surface area contributed by atoms with Crippen molar-refractivity contribution in [2.24, 2.45) is 10.9 Å². The lowest BCUT2D eigenvalue weighted by Crippen LogP contribution is -2.38. The van der Waals surface area contributed by atoms with E-state index in [-0.39, 0.29) is 18.0 Å². The number of halogens is 2. The minimum atomic E-state index is -0.352. The summed E-state index contributed by atoms with van der Waals surface area (Å²) in [5.41, 5.74) is 6.27. The first-order valence-electron chi connectivity index (χ1n) is 5.83. The summed E-state index contributed by atoms with van der Waals surface area (Å²) in [5, 5.41) is 4.69. The molecule has 1 rings (SSSR count). The topological polar surface area (TPSA) is 47.6 Å². The summed E-state index contributed by atoms with van der Waals surface area (Å²) in [4.78, 5) is 5.52. The molecule has 0 amide bonds. The van der Waals surface area contributed by atoms with Gasteiger partial charge in [-0.25, -0.2) is 0 Å². The Hall–Kier alpha value is -0.770. The Labute approximate surface area is 120 Å². The largest absolute Gasteiger partial charge is 0.388 e. The molecule has 1 aromatic carbocycles. The van der Waals surface area contributed by atoms with Crippen LogP contribution in [0.25, 0.3) is 0 Å². The fraction of sp³-hybridized carbons (Fsp3) is 0.462. The van der Waals surface area contributed by atoms with Crippen LogP contribution in [0.1, 0.15) is 32.3 Å². The zero-order chi connectivity index (χ0) is 12.7. The van der Waals surface area contributed by atoms with Crippen LogP contribution in [-0.2, 0) is 4.84 Å². The lowest BCUT2D eigenvalue weighted by molar-refractivity contribution is -0.0410. The van der Waals surface area contributed by atoms with E-state index in [0.29, 0.717) is 11.6 Å². The summed E-state index contributed by atoms with van der Waals surface area (Å²) in [5.74, 6) is 0. The van der Waals surface area contributed by atoms with Crippen LogP contribution in [0.4, 0.5) is 0 Å². The maximum absolute atomic E-state index is 5.87. The highest BCUT2D eigenvalue weighted by Gasteiger charge is 2.26. The number of oxime groups is 1. The maximum Gasteiger partial charge on any atom is 0.149 e. The second-order valence-electron chi connectivity index (χ2n) is 3.98. The van der Waals surface area contributed by atoms with E-state index in [1.54, 1.807) is 6.21 Å². The molecule has 0 saturated carbocycles. The quantitative estimate of drug-likeness (QED) is 0.642. The molecular formula is C13H20Cl2N2O. The van der Waals surface area contributed by atoms with Crippen molar-refractivity contribution in [1.82, 2.24) is 0 Å². The monoisotopic (exact) mass is 290 g/mol. The molecule has 18 heavy (non-hydrogen) atoms. The van der Waals surface area contributed by atoms with Gasteiger partial charge in [-0.15, -0.1) is 12.4 Å². The molecule has 0 aliphatic carbocycles. The molecule has 0 heterocycles. The Morgan fingerprint density at radius 2 is 2.06 bits per heavy atom. The van der Waals surface area contributed by atoms with Gasteiger partial charge < -0.3 is 10.6 Å². The van der Waals surface area contributed by atoms with Crippen molar-refractivity contribution < 1.29 is 4.84 Å². The summed E-state index contributed by atoms with van der Waals surface area (Å²) in [6.07, 6.45) is 3.33. The molecule has 102 valence electrons. The highest BCUT2D eigenvalue weighted by molar-refractivity contribution is 6.30. The molecule has 0 bridgehead atoms. The Balaban J connectivity index is 0.00000289. The molecule has 0 radical (unpaired) electrons. The molecule has 0 saturated heterocycles. The molecular weight excluding hydrogens is 271 g/mol. The molecule has 1 aromatic rings. The van der Waals surface area contributed by atoms with Crippen LogP contribution in [0.5, 0.6) is 0 Å². The number of nitrogens with zero attached hydrogens (tertiary/aromatic N) is 1. The fourth-order valence-corrected chi connectivity index (χ4v) is 1.69. The molecule has 3 nitrogen and oxygen atoms in total. The summed E-state index contributed by atoms with van der Waals surface area (Å²) >= 11 is 5.87. The van der Waals surface area contributed by atoms with Crippen LogP contribution in [0.3, 0.4) is 0 Å². The van der Waals surface area contributed by atoms with Gasteiger partial charge in [0.05, 0.1) is 6.21 Å². The third kappa shape index (κ3) is 4.84. The molecule has 0 aromatic heterocycles. The van der Waals surface area contributed by atoms with E-state index < -0.39 is 0 Å². The van der Waals surface area contributed by atoms with Gasteiger partial charge in [0.15, 0.2) is 0 Å². The molecule has 5 heteroatoms. The number of hydrogen-bond acceptors (Lipinski definition) is 3. The predicted octanol–water partition coefficient (Wildman–Crippen LogP) is 3.63. The maximum atomic E-state index is 5.87. The highest BCUT2D eigenvalue weighted by atomic mass is 35.5. The van der Waals surface area contributed by atoms with Gasteiger partial charge in [-0.3, -0.25) is 0 Å². The van der Waals surface area contributed by atoms with Crippen molar-refractivity contribution >= 4 is 30.2 Å². The third-order valence-corrected chi connectivity index (χ3v) is 3.19. The first-order valence-corrected chi connectivity index (χ1v) is 6.21. The second-order valence-corrected chi connectivity index (χ2v) is 4.41. The van der Waals surface area contributed by atoms with Crippen LogP contribution in [0.2, 0.25) is 5.02 Å². The Bertz CT molecular complexity index is 371. The highest BCUT2D eigenvalue weighted by Crippen LogP contribution is 2.19. The van der Waals surface area contributed by atoms with Crippen molar-refractivity contribution in [1.29, 1.82) is 0 Å². The molecule has 0 unspecified atom stereocenters. The fourth-order valence-electron chi connectivity index (χ4n) is 1.49. The van der Waals surface area contributed by atoms with E-state index >= 15 is 0 Å². The van der Waals surface area contributed by atoms with Gasteiger partial charge in [-0.1, -0.05) is 42.7 Å². The van der Waals surface area contributed by atoms with E-state index in [9.17, 15) is 0 Å². The van der Waals surface area contributed by atoms with Crippen molar-refractivity contribution in [2.75, 3.05) is 6.54 Å². The molecule has 0 fully saturated rings. The third-order valence-electron chi connectivity index (χ3n) is 2.96. The molecule has 0 atom stereocenters. The number of hydrogen-bond donors (Lipinski definition) is 1. The van der Waals surface area contributed by atoms with Crippen molar-refractivity contribution in [3.05, 3.63) is 34.9 Å². The summed E-state index contributed by atoms with van der Waals surface area (Å²) in [6.45, 7) is 4.56. The summed E-state index contributed by atoms with van der Waals surface area (Å²) in [6, 6.07) is 7.44. The average molecular weight is 291 g/mol. The minimum Gasteiger partial charge on any atom is -0.388 e. The average Bonchev–Trinajstić information content (AvgIpc) is 2.35. The van der Waals surface area contributed by atoms with Gasteiger partial charge >= 0.3 is 0 Å². The normalized spacial score (nSPS) is 11.3. The van der Waals surface area contributed by atoms with Gasteiger partial charge in [0.1, 0.15) is 5.60 Å². The summed E-state index contributed by atoms with van der Waals surface area (Å²) < 4.78 is 0. The van der Waals surface area contributed by atoms with E-state index in [1.807, 2.05) is 38.1 Å². The molecule has 0 spiro atoms. The number of nitrogens with two attached hydrogens (primary N) is 1. The Morgan fingerprint density at radius 3 is 2.56 bits per heavy atom. The van der Waals surface area contributed by atoms with Gasteiger partial charge in [-0.05, 0) is 30.5 Å². The summed E-state index contributed by atoms with van der Waals surface area (Å²) in [7, 11) is 0. The lowest BCUT2D eigenvalue weighted by atomic mass is 9.98. The van der Waals surface area contributed by atoms with E-state index in [0.717, 1.165) is 18.4 Å². The van der Waals surface area contributed by atoms with Crippen LogP contribution in [0, 0.1) is 0 Å². The molecule has 2 N–H and O–H groups in total. The Morgan fingerprint density at radius 1 is 1.39 bits per heavy atom. The van der Waals surface area contributed by atoms with Gasteiger partial charge in [0.25, 0.3) is 0 Å². The number of rotatable bonds is 6. The van der Waals surface area contributed by atoms with E-state index in [4.69, 9.17) is 22.2 Å². The second kappa shape index (κ2) is 8.35. The number of benzene rings is 1. The smallest absolute Gasteiger partial charge is 0.149 e. The zero-order valence-electron chi connectivity index (χ0n) is 10.7. The Kier molecular flexibility index (Phi) is 8.00. The van der Waals surface area contributed by atoms with Crippen LogP contribution in [-0.4, -0.2) is 18.4 Å². The van der Waals surface area contributed by atoms with Crippen molar-refractivity contribution in [3.63, 3.8) is 0 Å². The molecule has 0 aliphatic heterocycles.